The number of benzene rings is 1. The molecule has 0 aromatic heterocycles. The van der Waals surface area contributed by atoms with Gasteiger partial charge in [-0.15, -0.1) is 0 Å². The van der Waals surface area contributed by atoms with E-state index in [0.29, 0.717) is 24.6 Å². The summed E-state index contributed by atoms with van der Waals surface area (Å²) in [4.78, 5) is 12.9. The quantitative estimate of drug-likeness (QED) is 0.508. The largest absolute Gasteiger partial charge is 0.493 e. The molecule has 0 saturated heterocycles. The van der Waals surface area contributed by atoms with Gasteiger partial charge in [0.25, 0.3) is 0 Å². The molecule has 1 amide bonds. The Balaban J connectivity index is 2.57. The highest BCUT2D eigenvalue weighted by molar-refractivity contribution is 5.75. The zero-order valence-electron chi connectivity index (χ0n) is 14.7. The maximum Gasteiger partial charge on any atom is 0.231 e. The topological polar surface area (TPSA) is 97.0 Å². The zero-order valence-corrected chi connectivity index (χ0v) is 14.7. The molecule has 0 aliphatic heterocycles. The lowest BCUT2D eigenvalue weighted by atomic mass is 10.2. The third-order valence-corrected chi connectivity index (χ3v) is 3.65. The number of nitrogens with one attached hydrogen (secondary N) is 1. The minimum atomic E-state index is -0.563. The predicted octanol–water partition coefficient (Wildman–Crippen LogP) is 0.352. The fourth-order valence-corrected chi connectivity index (χ4v) is 2.29. The van der Waals surface area contributed by atoms with Crippen molar-refractivity contribution in [1.29, 1.82) is 0 Å². The molecule has 0 spiro atoms. The highest BCUT2D eigenvalue weighted by Crippen LogP contribution is 2.28. The van der Waals surface area contributed by atoms with Crippen LogP contribution in [-0.2, 0) is 11.3 Å². The van der Waals surface area contributed by atoms with Crippen molar-refractivity contribution in [2.75, 3.05) is 39.9 Å². The molecule has 136 valence electrons. The maximum absolute atomic E-state index is 10.7. The van der Waals surface area contributed by atoms with Crippen LogP contribution in [0.15, 0.2) is 18.2 Å². The second-order valence-electron chi connectivity index (χ2n) is 5.51. The van der Waals surface area contributed by atoms with Gasteiger partial charge in [0.15, 0.2) is 11.5 Å². The first kappa shape index (κ1) is 20.2. The van der Waals surface area contributed by atoms with E-state index in [2.05, 4.69) is 24.1 Å². The monoisotopic (exact) mass is 339 g/mol. The third kappa shape index (κ3) is 7.16. The van der Waals surface area contributed by atoms with Crippen LogP contribution in [0.4, 0.5) is 0 Å². The Kier molecular flexibility index (Phi) is 9.14. The van der Waals surface area contributed by atoms with Crippen LogP contribution in [0.25, 0.3) is 0 Å². The second-order valence-corrected chi connectivity index (χ2v) is 5.51. The van der Waals surface area contributed by atoms with Gasteiger partial charge in [-0.3, -0.25) is 4.79 Å². The standard InChI is InChI=1S/C17H29N3O4/c1-4-20(5-2)11-14(21)12-24-15-7-6-13(8-16(15)23-3)9-19-10-17(18)22/h6-8,14,19,21H,4-5,9-12H2,1-3H3,(H2,18,22). The zero-order chi connectivity index (χ0) is 17.9. The first-order valence-electron chi connectivity index (χ1n) is 8.19. The first-order chi connectivity index (χ1) is 11.5. The summed E-state index contributed by atoms with van der Waals surface area (Å²) in [7, 11) is 1.56. The number of carbonyl (C=O) groups excluding carboxylic acids is 1. The molecular formula is C17H29N3O4. The highest BCUT2D eigenvalue weighted by Gasteiger charge is 2.12. The van der Waals surface area contributed by atoms with E-state index >= 15 is 0 Å². The molecule has 24 heavy (non-hydrogen) atoms. The van der Waals surface area contributed by atoms with Gasteiger partial charge in [0, 0.05) is 13.1 Å². The molecular weight excluding hydrogens is 310 g/mol. The first-order valence-corrected chi connectivity index (χ1v) is 8.19. The third-order valence-electron chi connectivity index (χ3n) is 3.65. The van der Waals surface area contributed by atoms with Crippen LogP contribution >= 0.6 is 0 Å². The second kappa shape index (κ2) is 10.9. The van der Waals surface area contributed by atoms with Gasteiger partial charge in [0.1, 0.15) is 12.7 Å². The van der Waals surface area contributed by atoms with E-state index in [1.165, 1.54) is 0 Å². The Morgan fingerprint density at radius 3 is 2.62 bits per heavy atom. The fraction of sp³-hybridized carbons (Fsp3) is 0.588. The molecule has 0 radical (unpaired) electrons. The van der Waals surface area contributed by atoms with Crippen LogP contribution in [0, 0.1) is 0 Å². The van der Waals surface area contributed by atoms with Crippen LogP contribution in [0.3, 0.4) is 0 Å². The van der Waals surface area contributed by atoms with Gasteiger partial charge in [-0.1, -0.05) is 19.9 Å². The van der Waals surface area contributed by atoms with Gasteiger partial charge in [-0.2, -0.15) is 0 Å². The lowest BCUT2D eigenvalue weighted by Crippen LogP contribution is -2.35. The van der Waals surface area contributed by atoms with Gasteiger partial charge in [-0.05, 0) is 30.8 Å². The van der Waals surface area contributed by atoms with Crippen LogP contribution in [0.2, 0.25) is 0 Å². The summed E-state index contributed by atoms with van der Waals surface area (Å²) >= 11 is 0. The number of likely N-dealkylation sites (N-methyl/N-ethyl adjacent to an activating group) is 1. The van der Waals surface area contributed by atoms with E-state index in [0.717, 1.165) is 18.7 Å². The van der Waals surface area contributed by atoms with Crippen molar-refractivity contribution in [3.63, 3.8) is 0 Å². The Labute approximate surface area is 143 Å². The number of aliphatic hydroxyl groups is 1. The summed E-state index contributed by atoms with van der Waals surface area (Å²) in [6, 6.07) is 5.51. The molecule has 1 unspecified atom stereocenters. The molecule has 7 heteroatoms. The molecule has 0 saturated carbocycles. The SMILES string of the molecule is CCN(CC)CC(O)COc1ccc(CNCC(N)=O)cc1OC. The summed E-state index contributed by atoms with van der Waals surface area (Å²) in [5.41, 5.74) is 6.03. The van der Waals surface area contributed by atoms with Crippen molar-refractivity contribution in [3.05, 3.63) is 23.8 Å². The number of nitrogens with two attached hydrogens (primary N) is 1. The molecule has 0 bridgehead atoms. The van der Waals surface area contributed by atoms with E-state index in [9.17, 15) is 9.90 Å². The number of methoxy groups -OCH3 is 1. The number of hydrogen-bond acceptors (Lipinski definition) is 6. The number of nitrogens with zero attached hydrogens (tertiary/aromatic N) is 1. The molecule has 7 nitrogen and oxygen atoms in total. The van der Waals surface area contributed by atoms with E-state index in [4.69, 9.17) is 15.2 Å². The van der Waals surface area contributed by atoms with Crippen molar-refractivity contribution in [2.24, 2.45) is 5.73 Å². The fourth-order valence-electron chi connectivity index (χ4n) is 2.29. The number of rotatable bonds is 12. The van der Waals surface area contributed by atoms with Crippen molar-refractivity contribution in [1.82, 2.24) is 10.2 Å². The summed E-state index contributed by atoms with van der Waals surface area (Å²) in [6.07, 6.45) is -0.563. The lowest BCUT2D eigenvalue weighted by molar-refractivity contribution is -0.117. The predicted molar refractivity (Wildman–Crippen MR) is 93.2 cm³/mol. The van der Waals surface area contributed by atoms with Gasteiger partial charge < -0.3 is 30.5 Å². The van der Waals surface area contributed by atoms with Gasteiger partial charge in [0.05, 0.1) is 13.7 Å². The van der Waals surface area contributed by atoms with Crippen LogP contribution < -0.4 is 20.5 Å². The maximum atomic E-state index is 10.7. The normalized spacial score (nSPS) is 12.2. The summed E-state index contributed by atoms with van der Waals surface area (Å²) in [6.45, 7) is 7.31. The summed E-state index contributed by atoms with van der Waals surface area (Å²) in [5.74, 6) is 0.766. The molecule has 0 fully saturated rings. The van der Waals surface area contributed by atoms with Crippen molar-refractivity contribution in [2.45, 2.75) is 26.5 Å². The summed E-state index contributed by atoms with van der Waals surface area (Å²) < 4.78 is 11.0. The van der Waals surface area contributed by atoms with Crippen molar-refractivity contribution in [3.8, 4) is 11.5 Å². The van der Waals surface area contributed by atoms with Gasteiger partial charge in [0.2, 0.25) is 5.91 Å². The number of carbonyl (C=O) groups is 1. The molecule has 0 aliphatic rings. The van der Waals surface area contributed by atoms with Crippen LogP contribution in [-0.4, -0.2) is 61.9 Å². The number of aliphatic hydroxyl groups excluding tert-OH is 1. The van der Waals surface area contributed by atoms with Crippen LogP contribution in [0.1, 0.15) is 19.4 Å². The van der Waals surface area contributed by atoms with Crippen LogP contribution in [0.5, 0.6) is 11.5 Å². The molecule has 4 N–H and O–H groups in total. The van der Waals surface area contributed by atoms with E-state index < -0.39 is 12.0 Å². The minimum Gasteiger partial charge on any atom is -0.493 e. The number of primary amides is 1. The minimum absolute atomic E-state index is 0.123. The molecule has 1 atom stereocenters. The number of amides is 1. The number of hydrogen-bond donors (Lipinski definition) is 3. The Morgan fingerprint density at radius 1 is 1.33 bits per heavy atom. The average molecular weight is 339 g/mol. The summed E-state index contributed by atoms with van der Waals surface area (Å²) in [5, 5.41) is 13.0. The van der Waals surface area contributed by atoms with Crippen molar-refractivity contribution >= 4 is 5.91 Å². The molecule has 0 heterocycles. The molecule has 0 aliphatic carbocycles. The van der Waals surface area contributed by atoms with E-state index in [1.807, 2.05) is 12.1 Å². The van der Waals surface area contributed by atoms with E-state index in [-0.39, 0.29) is 13.2 Å². The Hall–Kier alpha value is -1.83. The molecule has 1 aromatic carbocycles. The molecule has 1 rings (SSSR count). The van der Waals surface area contributed by atoms with Crippen molar-refractivity contribution < 1.29 is 19.4 Å². The van der Waals surface area contributed by atoms with E-state index in [1.54, 1.807) is 13.2 Å². The van der Waals surface area contributed by atoms with Gasteiger partial charge >= 0.3 is 0 Å². The average Bonchev–Trinajstić information content (AvgIpc) is 2.57. The Morgan fingerprint density at radius 2 is 2.04 bits per heavy atom. The number of ether oxygens (including phenoxy) is 2. The smallest absolute Gasteiger partial charge is 0.231 e. The van der Waals surface area contributed by atoms with Gasteiger partial charge in [-0.25, -0.2) is 0 Å². The Bertz CT molecular complexity index is 507. The molecule has 1 aromatic rings. The highest BCUT2D eigenvalue weighted by atomic mass is 16.5. The lowest BCUT2D eigenvalue weighted by Gasteiger charge is -2.22.